The number of hydrogen-bond acceptors (Lipinski definition) is 7. The van der Waals surface area contributed by atoms with Gasteiger partial charge in [0, 0.05) is 41.8 Å². The van der Waals surface area contributed by atoms with E-state index in [2.05, 4.69) is 30.9 Å². The summed E-state index contributed by atoms with van der Waals surface area (Å²) in [6.45, 7) is 1.44. The molecule has 1 aromatic carbocycles. The third kappa shape index (κ3) is 7.83. The number of fused-ring (bicyclic) bond motifs is 1. The molecule has 0 aliphatic carbocycles. The Bertz CT molecular complexity index is 1250. The van der Waals surface area contributed by atoms with E-state index in [0.29, 0.717) is 17.9 Å². The third-order valence-electron chi connectivity index (χ3n) is 6.05. The van der Waals surface area contributed by atoms with Crippen molar-refractivity contribution in [1.82, 2.24) is 30.9 Å². The van der Waals surface area contributed by atoms with Crippen LogP contribution in [0, 0.1) is 0 Å². The fraction of sp³-hybridized carbons (Fsp3) is 0.400. The van der Waals surface area contributed by atoms with Gasteiger partial charge in [-0.1, -0.05) is 18.2 Å². The molecule has 0 saturated carbocycles. The van der Waals surface area contributed by atoms with Gasteiger partial charge in [0.2, 0.25) is 17.7 Å². The number of thioether (sulfide) groups is 1. The molecule has 8 N–H and O–H groups in total. The summed E-state index contributed by atoms with van der Waals surface area (Å²) < 4.78 is 0. The number of nitrogens with zero attached hydrogens (tertiary/aromatic N) is 1. The van der Waals surface area contributed by atoms with Crippen LogP contribution in [-0.2, 0) is 32.0 Å². The zero-order valence-electron chi connectivity index (χ0n) is 21.2. The summed E-state index contributed by atoms with van der Waals surface area (Å²) in [4.78, 5) is 60.3. The number of carbonyl (C=O) groups is 4. The lowest BCUT2D eigenvalue weighted by molar-refractivity contribution is -0.142. The number of aromatic amines is 2. The Kier molecular flexibility index (Phi) is 10.3. The second-order valence-electron chi connectivity index (χ2n) is 8.92. The molecule has 4 atom stereocenters. The van der Waals surface area contributed by atoms with Gasteiger partial charge in [-0.25, -0.2) is 9.78 Å². The van der Waals surface area contributed by atoms with E-state index in [1.54, 1.807) is 18.0 Å². The molecule has 0 spiro atoms. The molecule has 3 amide bonds. The first-order chi connectivity index (χ1) is 18.2. The first-order valence-electron chi connectivity index (χ1n) is 12.1. The second kappa shape index (κ2) is 13.6. The first kappa shape index (κ1) is 28.7. The van der Waals surface area contributed by atoms with Gasteiger partial charge in [0.05, 0.1) is 12.4 Å². The van der Waals surface area contributed by atoms with Crippen molar-refractivity contribution in [3.63, 3.8) is 0 Å². The van der Waals surface area contributed by atoms with Gasteiger partial charge in [0.1, 0.15) is 18.1 Å². The smallest absolute Gasteiger partial charge is 0.326 e. The van der Waals surface area contributed by atoms with Crippen molar-refractivity contribution in [2.75, 3.05) is 12.0 Å². The Morgan fingerprint density at radius 2 is 1.76 bits per heavy atom. The summed E-state index contributed by atoms with van der Waals surface area (Å²) in [5.41, 5.74) is 8.15. The van der Waals surface area contributed by atoms with Crippen LogP contribution in [0.4, 0.5) is 0 Å². The number of imidazole rings is 1. The summed E-state index contributed by atoms with van der Waals surface area (Å²) in [5.74, 6) is -2.29. The molecule has 0 radical (unpaired) electrons. The molecule has 0 aliphatic rings. The van der Waals surface area contributed by atoms with Crippen LogP contribution in [0.15, 0.2) is 43.0 Å². The number of rotatable bonds is 14. The number of para-hydroxylation sites is 1. The number of carboxylic acid groups (broad SMARTS) is 1. The molecule has 12 nitrogen and oxygen atoms in total. The molecular weight excluding hydrogens is 510 g/mol. The lowest BCUT2D eigenvalue weighted by Crippen LogP contribution is -2.57. The summed E-state index contributed by atoms with van der Waals surface area (Å²) in [5, 5.41) is 18.3. The minimum Gasteiger partial charge on any atom is -0.480 e. The van der Waals surface area contributed by atoms with Crippen molar-refractivity contribution in [3.05, 3.63) is 54.2 Å². The van der Waals surface area contributed by atoms with Gasteiger partial charge >= 0.3 is 5.97 Å². The zero-order chi connectivity index (χ0) is 27.7. The Morgan fingerprint density at radius 1 is 1.03 bits per heavy atom. The predicted octanol–water partition coefficient (Wildman–Crippen LogP) is 0.316. The molecule has 3 aromatic rings. The summed E-state index contributed by atoms with van der Waals surface area (Å²) in [6, 6.07) is 3.35. The van der Waals surface area contributed by atoms with Crippen molar-refractivity contribution in [3.8, 4) is 0 Å². The molecule has 0 bridgehead atoms. The number of benzene rings is 1. The fourth-order valence-corrected chi connectivity index (χ4v) is 4.37. The summed E-state index contributed by atoms with van der Waals surface area (Å²) >= 11 is 1.56. The number of aliphatic carboxylic acids is 1. The highest BCUT2D eigenvalue weighted by atomic mass is 32.2. The summed E-state index contributed by atoms with van der Waals surface area (Å²) in [7, 11) is 0. The number of aromatic nitrogens is 3. The average Bonchev–Trinajstić information content (AvgIpc) is 3.56. The molecule has 13 heteroatoms. The van der Waals surface area contributed by atoms with Crippen molar-refractivity contribution < 1.29 is 24.3 Å². The van der Waals surface area contributed by atoms with E-state index in [-0.39, 0.29) is 12.8 Å². The number of carboxylic acids is 1. The quantitative estimate of drug-likeness (QED) is 0.151. The minimum atomic E-state index is -1.21. The lowest BCUT2D eigenvalue weighted by atomic mass is 10.0. The Morgan fingerprint density at radius 3 is 2.45 bits per heavy atom. The van der Waals surface area contributed by atoms with Crippen LogP contribution in [0.25, 0.3) is 10.9 Å². The van der Waals surface area contributed by atoms with E-state index in [9.17, 15) is 24.3 Å². The van der Waals surface area contributed by atoms with Gasteiger partial charge in [-0.2, -0.15) is 11.8 Å². The van der Waals surface area contributed by atoms with Crippen LogP contribution in [-0.4, -0.2) is 79.9 Å². The SMILES string of the molecule is CSCCC(N)C(=O)NC(Cc1cnc[nH]1)C(=O)NC(C)C(=O)NC(Cc1c[nH]c2ccccc12)C(=O)O. The maximum absolute atomic E-state index is 13.1. The van der Waals surface area contributed by atoms with E-state index in [1.807, 2.05) is 30.5 Å². The number of nitrogens with one attached hydrogen (secondary N) is 5. The van der Waals surface area contributed by atoms with Crippen molar-refractivity contribution >= 4 is 46.4 Å². The normalized spacial score (nSPS) is 14.3. The molecule has 2 heterocycles. The highest BCUT2D eigenvalue weighted by Crippen LogP contribution is 2.19. The molecule has 4 unspecified atom stereocenters. The van der Waals surface area contributed by atoms with Gasteiger partial charge in [-0.3, -0.25) is 14.4 Å². The van der Waals surface area contributed by atoms with Gasteiger partial charge < -0.3 is 36.8 Å². The predicted molar refractivity (Wildman–Crippen MR) is 144 cm³/mol. The number of nitrogens with two attached hydrogens (primary N) is 1. The molecule has 204 valence electrons. The second-order valence-corrected chi connectivity index (χ2v) is 9.91. The Labute approximate surface area is 223 Å². The van der Waals surface area contributed by atoms with Crippen LogP contribution in [0.3, 0.4) is 0 Å². The molecular formula is C25H33N7O5S. The van der Waals surface area contributed by atoms with E-state index >= 15 is 0 Å². The van der Waals surface area contributed by atoms with Crippen LogP contribution in [0.2, 0.25) is 0 Å². The van der Waals surface area contributed by atoms with E-state index in [1.165, 1.54) is 19.4 Å². The fourth-order valence-electron chi connectivity index (χ4n) is 3.88. The van der Waals surface area contributed by atoms with Crippen LogP contribution in [0.1, 0.15) is 24.6 Å². The maximum atomic E-state index is 13.1. The van der Waals surface area contributed by atoms with E-state index in [0.717, 1.165) is 16.5 Å². The average molecular weight is 544 g/mol. The Hall–Kier alpha value is -3.84. The van der Waals surface area contributed by atoms with Crippen molar-refractivity contribution in [2.24, 2.45) is 5.73 Å². The lowest BCUT2D eigenvalue weighted by Gasteiger charge is -2.23. The monoisotopic (exact) mass is 543 g/mol. The third-order valence-corrected chi connectivity index (χ3v) is 6.69. The largest absolute Gasteiger partial charge is 0.480 e. The van der Waals surface area contributed by atoms with Crippen LogP contribution >= 0.6 is 11.8 Å². The molecule has 3 rings (SSSR count). The van der Waals surface area contributed by atoms with Crippen molar-refractivity contribution in [2.45, 2.75) is 50.4 Å². The maximum Gasteiger partial charge on any atom is 0.326 e. The number of amides is 3. The van der Waals surface area contributed by atoms with E-state index in [4.69, 9.17) is 5.73 Å². The number of H-pyrrole nitrogens is 2. The molecule has 38 heavy (non-hydrogen) atoms. The van der Waals surface area contributed by atoms with Gasteiger partial charge in [0.15, 0.2) is 0 Å². The number of carbonyl (C=O) groups excluding carboxylic acids is 3. The topological polar surface area (TPSA) is 195 Å². The van der Waals surface area contributed by atoms with Gasteiger partial charge in [0.25, 0.3) is 0 Å². The molecule has 2 aromatic heterocycles. The van der Waals surface area contributed by atoms with Crippen LogP contribution < -0.4 is 21.7 Å². The van der Waals surface area contributed by atoms with Gasteiger partial charge in [-0.15, -0.1) is 0 Å². The molecule has 0 saturated heterocycles. The standard InChI is InChI=1S/C25H33N7O5S/c1-14(22(33)32-21(25(36)37)9-15-11-28-19-6-4-3-5-17(15)19)30-24(35)20(10-16-12-27-13-29-16)31-23(34)18(26)7-8-38-2/h3-6,11-14,18,20-21,28H,7-10,26H2,1-2H3,(H,27,29)(H,30,35)(H,31,34)(H,32,33)(H,36,37). The minimum absolute atomic E-state index is 0.0538. The first-order valence-corrected chi connectivity index (χ1v) is 13.5. The van der Waals surface area contributed by atoms with E-state index < -0.39 is 47.9 Å². The highest BCUT2D eigenvalue weighted by molar-refractivity contribution is 7.98. The highest BCUT2D eigenvalue weighted by Gasteiger charge is 2.29. The van der Waals surface area contributed by atoms with Gasteiger partial charge in [-0.05, 0) is 37.0 Å². The Balaban J connectivity index is 1.64. The summed E-state index contributed by atoms with van der Waals surface area (Å²) in [6.07, 6.45) is 7.19. The number of hydrogen-bond donors (Lipinski definition) is 7. The molecule has 0 aliphatic heterocycles. The zero-order valence-corrected chi connectivity index (χ0v) is 22.0. The molecule has 0 fully saturated rings. The van der Waals surface area contributed by atoms with Crippen LogP contribution in [0.5, 0.6) is 0 Å². The van der Waals surface area contributed by atoms with Crippen molar-refractivity contribution in [1.29, 1.82) is 0 Å².